The van der Waals surface area contributed by atoms with Crippen molar-refractivity contribution in [1.82, 2.24) is 5.32 Å². The first-order valence-electron chi connectivity index (χ1n) is 5.82. The van der Waals surface area contributed by atoms with Gasteiger partial charge >= 0.3 is 0 Å². The molecule has 1 aliphatic rings. The molecule has 4 nitrogen and oxygen atoms in total. The van der Waals surface area contributed by atoms with Crippen molar-refractivity contribution in [2.24, 2.45) is 0 Å². The van der Waals surface area contributed by atoms with E-state index in [2.05, 4.69) is 5.32 Å². The number of carbonyl (C=O) groups excluding carboxylic acids is 1. The van der Waals surface area contributed by atoms with Crippen LogP contribution in [0.2, 0.25) is 0 Å². The second kappa shape index (κ2) is 5.08. The van der Waals surface area contributed by atoms with E-state index in [4.69, 9.17) is 9.47 Å². The summed E-state index contributed by atoms with van der Waals surface area (Å²) in [5, 5.41) is 2.84. The highest BCUT2D eigenvalue weighted by Crippen LogP contribution is 2.32. The second-order valence-corrected chi connectivity index (χ2v) is 4.05. The van der Waals surface area contributed by atoms with Crippen molar-refractivity contribution in [1.29, 1.82) is 0 Å². The van der Waals surface area contributed by atoms with Crippen molar-refractivity contribution < 1.29 is 14.3 Å². The summed E-state index contributed by atoms with van der Waals surface area (Å²) in [6, 6.07) is 5.85. The number of ether oxygens (including phenoxy) is 2. The van der Waals surface area contributed by atoms with Crippen molar-refractivity contribution >= 4 is 5.91 Å². The monoisotopic (exact) mass is 235 g/mol. The minimum Gasteiger partial charge on any atom is -0.493 e. The zero-order valence-corrected chi connectivity index (χ0v) is 10.2. The average molecular weight is 235 g/mol. The Morgan fingerprint density at radius 3 is 2.82 bits per heavy atom. The van der Waals surface area contributed by atoms with Crippen LogP contribution in [0.25, 0.3) is 0 Å². The van der Waals surface area contributed by atoms with Crippen molar-refractivity contribution in [3.8, 4) is 11.5 Å². The fraction of sp³-hybridized carbons (Fsp3) is 0.462. The summed E-state index contributed by atoms with van der Waals surface area (Å²) in [4.78, 5) is 11.2. The van der Waals surface area contributed by atoms with Gasteiger partial charge in [0.25, 0.3) is 0 Å². The molecule has 1 aromatic carbocycles. The molecule has 1 fully saturated rings. The molecule has 1 aromatic rings. The fourth-order valence-corrected chi connectivity index (χ4v) is 2.06. The smallest absolute Gasteiger partial charge is 0.220 e. The molecule has 0 aliphatic carbocycles. The highest BCUT2D eigenvalue weighted by molar-refractivity contribution is 5.79. The van der Waals surface area contributed by atoms with Crippen LogP contribution in [0.1, 0.15) is 24.8 Å². The van der Waals surface area contributed by atoms with Crippen LogP contribution in [0.4, 0.5) is 0 Å². The first-order chi connectivity index (χ1) is 8.24. The van der Waals surface area contributed by atoms with Crippen molar-refractivity contribution in [3.63, 3.8) is 0 Å². The quantitative estimate of drug-likeness (QED) is 0.864. The van der Waals surface area contributed by atoms with Gasteiger partial charge in [0, 0.05) is 18.9 Å². The molecule has 0 spiro atoms. The zero-order chi connectivity index (χ0) is 12.3. The molecular formula is C13H17NO3. The second-order valence-electron chi connectivity index (χ2n) is 4.05. The Hall–Kier alpha value is -1.71. The van der Waals surface area contributed by atoms with E-state index in [1.807, 2.05) is 25.1 Å². The maximum absolute atomic E-state index is 11.2. The number of benzene rings is 1. The Labute approximate surface area is 101 Å². The summed E-state index contributed by atoms with van der Waals surface area (Å²) in [6.45, 7) is 3.24. The lowest BCUT2D eigenvalue weighted by molar-refractivity contribution is -0.119. The van der Waals surface area contributed by atoms with Gasteiger partial charge in [0.2, 0.25) is 5.91 Å². The van der Waals surface area contributed by atoms with Gasteiger partial charge in [0.1, 0.15) is 0 Å². The molecular weight excluding hydrogens is 218 g/mol. The van der Waals surface area contributed by atoms with Crippen LogP contribution in [0.5, 0.6) is 11.5 Å². The van der Waals surface area contributed by atoms with Crippen LogP contribution in [0, 0.1) is 0 Å². The van der Waals surface area contributed by atoms with E-state index in [1.54, 1.807) is 7.11 Å². The number of carbonyl (C=O) groups is 1. The first kappa shape index (κ1) is 11.8. The maximum Gasteiger partial charge on any atom is 0.220 e. The van der Waals surface area contributed by atoms with Crippen LogP contribution in [-0.4, -0.2) is 26.2 Å². The van der Waals surface area contributed by atoms with Gasteiger partial charge in [0.15, 0.2) is 11.5 Å². The summed E-state index contributed by atoms with van der Waals surface area (Å²) in [5.41, 5.74) is 1.12. The molecule has 1 atom stereocenters. The van der Waals surface area contributed by atoms with Crippen LogP contribution in [0.3, 0.4) is 0 Å². The summed E-state index contributed by atoms with van der Waals surface area (Å²) in [7, 11) is 1.62. The molecule has 0 radical (unpaired) electrons. The highest BCUT2D eigenvalue weighted by Gasteiger charge is 2.23. The largest absolute Gasteiger partial charge is 0.493 e. The number of hydrogen-bond acceptors (Lipinski definition) is 3. The molecule has 1 unspecified atom stereocenters. The molecule has 17 heavy (non-hydrogen) atoms. The van der Waals surface area contributed by atoms with Crippen molar-refractivity contribution in [3.05, 3.63) is 23.8 Å². The Kier molecular flexibility index (Phi) is 3.52. The number of hydrogen-bond donors (Lipinski definition) is 1. The minimum absolute atomic E-state index is 0.115. The zero-order valence-electron chi connectivity index (χ0n) is 10.2. The van der Waals surface area contributed by atoms with E-state index in [0.717, 1.165) is 17.1 Å². The van der Waals surface area contributed by atoms with Crippen molar-refractivity contribution in [2.75, 3.05) is 20.3 Å². The Bertz CT molecular complexity index is 417. The third-order valence-electron chi connectivity index (χ3n) is 2.94. The van der Waals surface area contributed by atoms with Crippen LogP contribution < -0.4 is 14.8 Å². The minimum atomic E-state index is 0.115. The summed E-state index contributed by atoms with van der Waals surface area (Å²) in [5.74, 6) is 1.83. The molecule has 92 valence electrons. The predicted molar refractivity (Wildman–Crippen MR) is 64.5 cm³/mol. The van der Waals surface area contributed by atoms with Crippen LogP contribution in [-0.2, 0) is 4.79 Å². The van der Waals surface area contributed by atoms with E-state index in [-0.39, 0.29) is 11.8 Å². The third kappa shape index (κ3) is 2.52. The lowest BCUT2D eigenvalue weighted by Gasteiger charge is -2.13. The summed E-state index contributed by atoms with van der Waals surface area (Å²) in [6.07, 6.45) is 0.553. The van der Waals surface area contributed by atoms with Gasteiger partial charge in [-0.2, -0.15) is 0 Å². The lowest BCUT2D eigenvalue weighted by Crippen LogP contribution is -2.13. The van der Waals surface area contributed by atoms with E-state index in [1.165, 1.54) is 0 Å². The van der Waals surface area contributed by atoms with Gasteiger partial charge in [-0.15, -0.1) is 0 Å². The normalized spacial score (nSPS) is 18.9. The molecule has 1 heterocycles. The Morgan fingerprint density at radius 2 is 2.24 bits per heavy atom. The summed E-state index contributed by atoms with van der Waals surface area (Å²) < 4.78 is 10.8. The SMILES string of the molecule is CCOc1cc(C2CNC(=O)C2)ccc1OC. The number of nitrogens with one attached hydrogen (secondary N) is 1. The molecule has 4 heteroatoms. The topological polar surface area (TPSA) is 47.6 Å². The molecule has 0 saturated carbocycles. The molecule has 1 amide bonds. The van der Waals surface area contributed by atoms with Crippen LogP contribution >= 0.6 is 0 Å². The molecule has 1 aliphatic heterocycles. The van der Waals surface area contributed by atoms with E-state index in [0.29, 0.717) is 19.6 Å². The molecule has 1 saturated heterocycles. The Balaban J connectivity index is 2.23. The maximum atomic E-state index is 11.2. The predicted octanol–water partition coefficient (Wildman–Crippen LogP) is 1.70. The highest BCUT2D eigenvalue weighted by atomic mass is 16.5. The van der Waals surface area contributed by atoms with E-state index >= 15 is 0 Å². The van der Waals surface area contributed by atoms with Gasteiger partial charge < -0.3 is 14.8 Å². The first-order valence-corrected chi connectivity index (χ1v) is 5.82. The average Bonchev–Trinajstić information content (AvgIpc) is 2.76. The van der Waals surface area contributed by atoms with Crippen LogP contribution in [0.15, 0.2) is 18.2 Å². The fourth-order valence-electron chi connectivity index (χ4n) is 2.06. The molecule has 0 aromatic heterocycles. The van der Waals surface area contributed by atoms with E-state index < -0.39 is 0 Å². The van der Waals surface area contributed by atoms with Gasteiger partial charge in [-0.3, -0.25) is 4.79 Å². The van der Waals surface area contributed by atoms with Gasteiger partial charge in [-0.25, -0.2) is 0 Å². The van der Waals surface area contributed by atoms with Crippen molar-refractivity contribution in [2.45, 2.75) is 19.3 Å². The molecule has 2 rings (SSSR count). The molecule has 0 bridgehead atoms. The van der Waals surface area contributed by atoms with Gasteiger partial charge in [0.05, 0.1) is 13.7 Å². The van der Waals surface area contributed by atoms with Gasteiger partial charge in [-0.1, -0.05) is 6.07 Å². The lowest BCUT2D eigenvalue weighted by atomic mass is 9.98. The number of methoxy groups -OCH3 is 1. The molecule has 1 N–H and O–H groups in total. The standard InChI is InChI=1S/C13H17NO3/c1-3-17-12-6-9(4-5-11(12)16-2)10-7-13(15)14-8-10/h4-6,10H,3,7-8H2,1-2H3,(H,14,15). The van der Waals surface area contributed by atoms with Gasteiger partial charge in [-0.05, 0) is 24.6 Å². The van der Waals surface area contributed by atoms with E-state index in [9.17, 15) is 4.79 Å². The number of rotatable bonds is 4. The number of amides is 1. The Morgan fingerprint density at radius 1 is 1.41 bits per heavy atom. The third-order valence-corrected chi connectivity index (χ3v) is 2.94. The summed E-state index contributed by atoms with van der Waals surface area (Å²) >= 11 is 0.